The van der Waals surface area contributed by atoms with Crippen LogP contribution in [0.5, 0.6) is 0 Å². The Kier molecular flexibility index (Phi) is 5.48. The van der Waals surface area contributed by atoms with Gasteiger partial charge in [0.1, 0.15) is 0 Å². The first-order valence-electron chi connectivity index (χ1n) is 5.82. The second-order valence-corrected chi connectivity index (χ2v) is 3.90. The first-order chi connectivity index (χ1) is 8.17. The molecule has 0 spiro atoms. The van der Waals surface area contributed by atoms with Gasteiger partial charge in [0.05, 0.1) is 18.5 Å². The van der Waals surface area contributed by atoms with Crippen LogP contribution in [0.3, 0.4) is 0 Å². The number of anilines is 1. The molecule has 17 heavy (non-hydrogen) atoms. The third-order valence-electron chi connectivity index (χ3n) is 2.39. The summed E-state index contributed by atoms with van der Waals surface area (Å²) >= 11 is 0. The molecule has 0 aromatic carbocycles. The van der Waals surface area contributed by atoms with E-state index < -0.39 is 0 Å². The average molecular weight is 240 g/mol. The number of hydrogen-bond acceptors (Lipinski definition) is 3. The zero-order valence-corrected chi connectivity index (χ0v) is 10.4. The molecule has 6 nitrogen and oxygen atoms in total. The zero-order chi connectivity index (χ0) is 12.7. The maximum atomic E-state index is 11.9. The second kappa shape index (κ2) is 6.90. The van der Waals surface area contributed by atoms with Crippen LogP contribution in [0.4, 0.5) is 10.5 Å². The van der Waals surface area contributed by atoms with Gasteiger partial charge in [-0.2, -0.15) is 5.10 Å². The molecule has 0 saturated heterocycles. The number of aryl methyl sites for hydroxylation is 1. The number of aromatic nitrogens is 2. The summed E-state index contributed by atoms with van der Waals surface area (Å²) < 4.78 is 1.62. The van der Waals surface area contributed by atoms with Crippen LogP contribution in [-0.4, -0.2) is 45.5 Å². The lowest BCUT2D eigenvalue weighted by atomic mass is 10.3. The van der Waals surface area contributed by atoms with E-state index in [0.29, 0.717) is 18.8 Å². The Balaban J connectivity index is 2.52. The zero-order valence-electron chi connectivity index (χ0n) is 10.4. The van der Waals surface area contributed by atoms with E-state index in [1.165, 1.54) is 0 Å². The fraction of sp³-hybridized carbons (Fsp3) is 0.636. The minimum absolute atomic E-state index is 0.0236. The molecule has 0 aliphatic carbocycles. The molecule has 0 aliphatic heterocycles. The van der Waals surface area contributed by atoms with Crippen LogP contribution in [-0.2, 0) is 7.05 Å². The number of urea groups is 1. The number of aliphatic hydroxyl groups excluding tert-OH is 1. The predicted molar refractivity (Wildman–Crippen MR) is 65.8 cm³/mol. The Bertz CT molecular complexity index is 351. The normalized spacial score (nSPS) is 10.3. The van der Waals surface area contributed by atoms with E-state index in [2.05, 4.69) is 17.3 Å². The largest absolute Gasteiger partial charge is 0.395 e. The van der Waals surface area contributed by atoms with Crippen molar-refractivity contribution < 1.29 is 9.90 Å². The molecule has 0 atom stereocenters. The van der Waals surface area contributed by atoms with E-state index in [9.17, 15) is 4.79 Å². The van der Waals surface area contributed by atoms with Crippen LogP contribution in [0.25, 0.3) is 0 Å². The molecule has 1 heterocycles. The Hall–Kier alpha value is -1.56. The highest BCUT2D eigenvalue weighted by Gasteiger charge is 2.12. The maximum Gasteiger partial charge on any atom is 0.322 e. The summed E-state index contributed by atoms with van der Waals surface area (Å²) in [5, 5.41) is 15.6. The number of carbonyl (C=O) groups excluding carboxylic acids is 1. The Morgan fingerprint density at radius 3 is 2.88 bits per heavy atom. The van der Waals surface area contributed by atoms with Crippen molar-refractivity contribution in [1.29, 1.82) is 0 Å². The standard InChI is InChI=1S/C11H20N4O2/c1-3-4-5-15(6-7-16)11(17)13-10-8-12-14(2)9-10/h8-9,16H,3-7H2,1-2H3,(H,13,17). The fourth-order valence-corrected chi connectivity index (χ4v) is 1.47. The van der Waals surface area contributed by atoms with Gasteiger partial charge in [0.2, 0.25) is 0 Å². The lowest BCUT2D eigenvalue weighted by molar-refractivity contribution is 0.187. The Morgan fingerprint density at radius 1 is 1.59 bits per heavy atom. The van der Waals surface area contributed by atoms with Crippen LogP contribution in [0.1, 0.15) is 19.8 Å². The topological polar surface area (TPSA) is 70.4 Å². The van der Waals surface area contributed by atoms with Crippen LogP contribution in [0.15, 0.2) is 12.4 Å². The smallest absolute Gasteiger partial charge is 0.322 e. The summed E-state index contributed by atoms with van der Waals surface area (Å²) in [4.78, 5) is 13.5. The number of unbranched alkanes of at least 4 members (excludes halogenated alkanes) is 1. The van der Waals surface area contributed by atoms with E-state index in [1.54, 1.807) is 29.0 Å². The van der Waals surface area contributed by atoms with Crippen molar-refractivity contribution in [3.8, 4) is 0 Å². The second-order valence-electron chi connectivity index (χ2n) is 3.90. The van der Waals surface area contributed by atoms with Gasteiger partial charge in [-0.15, -0.1) is 0 Å². The number of hydrogen-bond donors (Lipinski definition) is 2. The van der Waals surface area contributed by atoms with Crippen molar-refractivity contribution in [2.45, 2.75) is 19.8 Å². The van der Waals surface area contributed by atoms with E-state index in [1.807, 2.05) is 0 Å². The van der Waals surface area contributed by atoms with Crippen LogP contribution in [0, 0.1) is 0 Å². The Labute approximate surface area is 101 Å². The summed E-state index contributed by atoms with van der Waals surface area (Å²) in [7, 11) is 1.79. The lowest BCUT2D eigenvalue weighted by Gasteiger charge is -2.21. The summed E-state index contributed by atoms with van der Waals surface area (Å²) in [5.74, 6) is 0. The summed E-state index contributed by atoms with van der Waals surface area (Å²) in [6, 6.07) is -0.194. The predicted octanol–water partition coefficient (Wildman–Crippen LogP) is 1.05. The molecule has 0 fully saturated rings. The number of carbonyl (C=O) groups is 1. The van der Waals surface area contributed by atoms with Crippen molar-refractivity contribution in [2.75, 3.05) is 25.0 Å². The van der Waals surface area contributed by atoms with Crippen molar-refractivity contribution in [3.63, 3.8) is 0 Å². The molecule has 0 saturated carbocycles. The number of nitrogens with zero attached hydrogens (tertiary/aromatic N) is 3. The average Bonchev–Trinajstić information content (AvgIpc) is 2.70. The third kappa shape index (κ3) is 4.44. The van der Waals surface area contributed by atoms with Crippen molar-refractivity contribution >= 4 is 11.7 Å². The summed E-state index contributed by atoms with van der Waals surface area (Å²) in [5.41, 5.74) is 0.664. The Morgan fingerprint density at radius 2 is 2.35 bits per heavy atom. The van der Waals surface area contributed by atoms with Gasteiger partial charge in [-0.25, -0.2) is 4.79 Å². The van der Waals surface area contributed by atoms with Gasteiger partial charge in [-0.3, -0.25) is 4.68 Å². The number of rotatable bonds is 6. The highest BCUT2D eigenvalue weighted by atomic mass is 16.3. The van der Waals surface area contributed by atoms with Crippen molar-refractivity contribution in [1.82, 2.24) is 14.7 Å². The van der Waals surface area contributed by atoms with Crippen LogP contribution >= 0.6 is 0 Å². The molecular formula is C11H20N4O2. The fourth-order valence-electron chi connectivity index (χ4n) is 1.47. The quantitative estimate of drug-likeness (QED) is 0.780. The number of amides is 2. The highest BCUT2D eigenvalue weighted by Crippen LogP contribution is 2.06. The first-order valence-corrected chi connectivity index (χ1v) is 5.82. The molecule has 0 bridgehead atoms. The maximum absolute atomic E-state index is 11.9. The molecule has 1 rings (SSSR count). The molecule has 0 aliphatic rings. The first kappa shape index (κ1) is 13.5. The molecule has 1 aromatic heterocycles. The molecule has 0 radical (unpaired) electrons. The lowest BCUT2D eigenvalue weighted by Crippen LogP contribution is -2.37. The molecular weight excluding hydrogens is 220 g/mol. The van der Waals surface area contributed by atoms with Crippen LogP contribution < -0.4 is 5.32 Å². The van der Waals surface area contributed by atoms with Crippen LogP contribution in [0.2, 0.25) is 0 Å². The van der Waals surface area contributed by atoms with Crippen molar-refractivity contribution in [3.05, 3.63) is 12.4 Å². The third-order valence-corrected chi connectivity index (χ3v) is 2.39. The minimum atomic E-state index is -0.194. The summed E-state index contributed by atoms with van der Waals surface area (Å²) in [6.07, 6.45) is 5.27. The molecule has 6 heteroatoms. The van der Waals surface area contributed by atoms with E-state index in [4.69, 9.17) is 5.11 Å². The summed E-state index contributed by atoms with van der Waals surface area (Å²) in [6.45, 7) is 3.05. The molecule has 96 valence electrons. The van der Waals surface area contributed by atoms with E-state index in [-0.39, 0.29) is 12.6 Å². The SMILES string of the molecule is CCCCN(CCO)C(=O)Nc1cnn(C)c1. The van der Waals surface area contributed by atoms with Gasteiger partial charge < -0.3 is 15.3 Å². The van der Waals surface area contributed by atoms with Gasteiger partial charge in [0.25, 0.3) is 0 Å². The van der Waals surface area contributed by atoms with Crippen molar-refractivity contribution in [2.24, 2.45) is 7.05 Å². The minimum Gasteiger partial charge on any atom is -0.395 e. The molecule has 2 N–H and O–H groups in total. The van der Waals surface area contributed by atoms with Gasteiger partial charge in [0, 0.05) is 26.3 Å². The van der Waals surface area contributed by atoms with E-state index in [0.717, 1.165) is 12.8 Å². The van der Waals surface area contributed by atoms with Gasteiger partial charge >= 0.3 is 6.03 Å². The highest BCUT2D eigenvalue weighted by molar-refractivity contribution is 5.88. The monoisotopic (exact) mass is 240 g/mol. The van der Waals surface area contributed by atoms with E-state index >= 15 is 0 Å². The van der Waals surface area contributed by atoms with Gasteiger partial charge in [-0.05, 0) is 6.42 Å². The molecule has 1 aromatic rings. The van der Waals surface area contributed by atoms with Gasteiger partial charge in [0.15, 0.2) is 0 Å². The number of nitrogens with one attached hydrogen (secondary N) is 1. The number of aliphatic hydroxyl groups is 1. The molecule has 2 amide bonds. The molecule has 0 unspecified atom stereocenters. The van der Waals surface area contributed by atoms with Gasteiger partial charge in [-0.1, -0.05) is 13.3 Å².